The van der Waals surface area contributed by atoms with Crippen molar-refractivity contribution in [2.75, 3.05) is 13.1 Å². The van der Waals surface area contributed by atoms with Gasteiger partial charge in [0, 0.05) is 18.9 Å². The number of imidazole rings is 1. The smallest absolute Gasteiger partial charge is 0.123 e. The number of aromatic nitrogens is 2. The van der Waals surface area contributed by atoms with Gasteiger partial charge in [-0.1, -0.05) is 0 Å². The Labute approximate surface area is 84.5 Å². The van der Waals surface area contributed by atoms with Gasteiger partial charge in [0.15, 0.2) is 0 Å². The van der Waals surface area contributed by atoms with Crippen molar-refractivity contribution in [1.82, 2.24) is 14.9 Å². The lowest BCUT2D eigenvalue weighted by Gasteiger charge is -2.22. The molecule has 1 aromatic rings. The van der Waals surface area contributed by atoms with Gasteiger partial charge in [0.2, 0.25) is 0 Å². The minimum atomic E-state index is 0.575. The van der Waals surface area contributed by atoms with Crippen LogP contribution >= 0.6 is 0 Å². The fourth-order valence-electron chi connectivity index (χ4n) is 2.45. The molecule has 0 spiro atoms. The van der Waals surface area contributed by atoms with Crippen molar-refractivity contribution >= 4 is 0 Å². The quantitative estimate of drug-likeness (QED) is 0.792. The van der Waals surface area contributed by atoms with E-state index in [0.29, 0.717) is 6.04 Å². The standard InChI is InChI=1S/C11H17N3/c1-2-10(11-12-5-6-13-11)14(7-1)8-9-3-4-9/h5-6,9-10H,1-4,7-8H2,(H,12,13)/t10-/m1/s1. The first-order valence-electron chi connectivity index (χ1n) is 5.67. The van der Waals surface area contributed by atoms with Crippen LogP contribution in [-0.4, -0.2) is 28.0 Å². The van der Waals surface area contributed by atoms with Crippen LogP contribution in [0.1, 0.15) is 37.5 Å². The normalized spacial score (nSPS) is 28.4. The number of nitrogens with one attached hydrogen (secondary N) is 1. The maximum absolute atomic E-state index is 4.38. The molecule has 0 aromatic carbocycles. The number of H-pyrrole nitrogens is 1. The highest BCUT2D eigenvalue weighted by molar-refractivity contribution is 5.00. The van der Waals surface area contributed by atoms with Gasteiger partial charge in [-0.2, -0.15) is 0 Å². The molecule has 1 saturated heterocycles. The summed E-state index contributed by atoms with van der Waals surface area (Å²) in [7, 11) is 0. The van der Waals surface area contributed by atoms with Crippen molar-refractivity contribution in [1.29, 1.82) is 0 Å². The lowest BCUT2D eigenvalue weighted by atomic mass is 10.2. The molecule has 1 aliphatic heterocycles. The summed E-state index contributed by atoms with van der Waals surface area (Å²) in [4.78, 5) is 10.2. The van der Waals surface area contributed by atoms with Crippen LogP contribution in [0.5, 0.6) is 0 Å². The van der Waals surface area contributed by atoms with Crippen LogP contribution in [0.3, 0.4) is 0 Å². The Morgan fingerprint density at radius 1 is 1.43 bits per heavy atom. The lowest BCUT2D eigenvalue weighted by molar-refractivity contribution is 0.239. The van der Waals surface area contributed by atoms with E-state index in [1.165, 1.54) is 44.6 Å². The van der Waals surface area contributed by atoms with Crippen LogP contribution in [0.4, 0.5) is 0 Å². The predicted molar refractivity (Wildman–Crippen MR) is 54.9 cm³/mol. The van der Waals surface area contributed by atoms with E-state index >= 15 is 0 Å². The van der Waals surface area contributed by atoms with E-state index in [0.717, 1.165) is 5.92 Å². The van der Waals surface area contributed by atoms with Crippen molar-refractivity contribution in [3.63, 3.8) is 0 Å². The van der Waals surface area contributed by atoms with Gasteiger partial charge in [-0.25, -0.2) is 4.98 Å². The Bertz CT molecular complexity index is 289. The van der Waals surface area contributed by atoms with E-state index in [2.05, 4.69) is 14.9 Å². The van der Waals surface area contributed by atoms with Crippen LogP contribution in [0.2, 0.25) is 0 Å². The summed E-state index contributed by atoms with van der Waals surface area (Å²) < 4.78 is 0. The third kappa shape index (κ3) is 1.57. The molecule has 2 heterocycles. The van der Waals surface area contributed by atoms with Gasteiger partial charge in [-0.3, -0.25) is 4.90 Å². The van der Waals surface area contributed by atoms with Gasteiger partial charge >= 0.3 is 0 Å². The number of hydrogen-bond donors (Lipinski definition) is 1. The molecule has 0 amide bonds. The monoisotopic (exact) mass is 191 g/mol. The summed E-state index contributed by atoms with van der Waals surface area (Å²) in [6.07, 6.45) is 9.30. The Kier molecular flexibility index (Phi) is 2.05. The van der Waals surface area contributed by atoms with Crippen molar-refractivity contribution < 1.29 is 0 Å². The molecule has 76 valence electrons. The summed E-state index contributed by atoms with van der Waals surface area (Å²) in [6.45, 7) is 2.56. The molecule has 3 heteroatoms. The van der Waals surface area contributed by atoms with Crippen molar-refractivity contribution in [3.8, 4) is 0 Å². The molecule has 0 radical (unpaired) electrons. The predicted octanol–water partition coefficient (Wildman–Crippen LogP) is 1.96. The number of nitrogens with zero attached hydrogens (tertiary/aromatic N) is 2. The molecule has 2 fully saturated rings. The number of aromatic amines is 1. The molecular formula is C11H17N3. The largest absolute Gasteiger partial charge is 0.347 e. The second-order valence-electron chi connectivity index (χ2n) is 4.57. The molecule has 14 heavy (non-hydrogen) atoms. The molecule has 1 N–H and O–H groups in total. The maximum Gasteiger partial charge on any atom is 0.123 e. The van der Waals surface area contributed by atoms with Gasteiger partial charge in [-0.05, 0) is 38.1 Å². The fraction of sp³-hybridized carbons (Fsp3) is 0.727. The first-order chi connectivity index (χ1) is 6.93. The maximum atomic E-state index is 4.38. The third-order valence-corrected chi connectivity index (χ3v) is 3.39. The SMILES string of the molecule is c1c[nH]c([C@H]2CCCN2CC2CC2)n1. The highest BCUT2D eigenvalue weighted by atomic mass is 15.2. The minimum Gasteiger partial charge on any atom is -0.347 e. The van der Waals surface area contributed by atoms with Gasteiger partial charge < -0.3 is 4.98 Å². The molecule has 0 unspecified atom stereocenters. The molecule has 1 atom stereocenters. The van der Waals surface area contributed by atoms with E-state index in [4.69, 9.17) is 0 Å². The Morgan fingerprint density at radius 2 is 2.36 bits per heavy atom. The van der Waals surface area contributed by atoms with Crippen LogP contribution in [0.25, 0.3) is 0 Å². The highest BCUT2D eigenvalue weighted by Gasteiger charge is 2.32. The Hall–Kier alpha value is -0.830. The highest BCUT2D eigenvalue weighted by Crippen LogP contribution is 2.36. The van der Waals surface area contributed by atoms with E-state index < -0.39 is 0 Å². The second-order valence-corrected chi connectivity index (χ2v) is 4.57. The number of rotatable bonds is 3. The lowest BCUT2D eigenvalue weighted by Crippen LogP contribution is -2.26. The van der Waals surface area contributed by atoms with Gasteiger partial charge in [0.25, 0.3) is 0 Å². The molecule has 2 aliphatic rings. The zero-order valence-electron chi connectivity index (χ0n) is 8.45. The minimum absolute atomic E-state index is 0.575. The number of hydrogen-bond acceptors (Lipinski definition) is 2. The average Bonchev–Trinajstić information content (AvgIpc) is 2.68. The van der Waals surface area contributed by atoms with Gasteiger partial charge in [-0.15, -0.1) is 0 Å². The topological polar surface area (TPSA) is 31.9 Å². The van der Waals surface area contributed by atoms with Gasteiger partial charge in [0.1, 0.15) is 5.82 Å². The molecule has 1 aliphatic carbocycles. The zero-order chi connectivity index (χ0) is 9.38. The zero-order valence-corrected chi connectivity index (χ0v) is 8.45. The van der Waals surface area contributed by atoms with Crippen LogP contribution < -0.4 is 0 Å². The molecule has 3 nitrogen and oxygen atoms in total. The molecule has 0 bridgehead atoms. The van der Waals surface area contributed by atoms with Crippen molar-refractivity contribution in [3.05, 3.63) is 18.2 Å². The van der Waals surface area contributed by atoms with E-state index in [9.17, 15) is 0 Å². The molecule has 1 saturated carbocycles. The first-order valence-corrected chi connectivity index (χ1v) is 5.67. The molecular weight excluding hydrogens is 174 g/mol. The third-order valence-electron chi connectivity index (χ3n) is 3.39. The second kappa shape index (κ2) is 3.39. The molecule has 3 rings (SSSR count). The van der Waals surface area contributed by atoms with E-state index in [-0.39, 0.29) is 0 Å². The number of likely N-dealkylation sites (tertiary alicyclic amines) is 1. The van der Waals surface area contributed by atoms with E-state index in [1.54, 1.807) is 0 Å². The summed E-state index contributed by atoms with van der Waals surface area (Å²) in [6, 6.07) is 0.575. The van der Waals surface area contributed by atoms with Crippen LogP contribution in [-0.2, 0) is 0 Å². The first kappa shape index (κ1) is 8.48. The van der Waals surface area contributed by atoms with Gasteiger partial charge in [0.05, 0.1) is 6.04 Å². The Balaban J connectivity index is 1.71. The van der Waals surface area contributed by atoms with Crippen LogP contribution in [0.15, 0.2) is 12.4 Å². The summed E-state index contributed by atoms with van der Waals surface area (Å²) in [5, 5.41) is 0. The van der Waals surface area contributed by atoms with Crippen LogP contribution in [0, 0.1) is 5.92 Å². The van der Waals surface area contributed by atoms with Crippen molar-refractivity contribution in [2.45, 2.75) is 31.7 Å². The fourth-order valence-corrected chi connectivity index (χ4v) is 2.45. The Morgan fingerprint density at radius 3 is 3.07 bits per heavy atom. The summed E-state index contributed by atoms with van der Waals surface area (Å²) in [5.41, 5.74) is 0. The molecule has 1 aromatic heterocycles. The average molecular weight is 191 g/mol. The van der Waals surface area contributed by atoms with E-state index in [1.807, 2.05) is 12.4 Å². The summed E-state index contributed by atoms with van der Waals surface area (Å²) in [5.74, 6) is 2.16. The summed E-state index contributed by atoms with van der Waals surface area (Å²) >= 11 is 0. The van der Waals surface area contributed by atoms with Crippen molar-refractivity contribution in [2.24, 2.45) is 5.92 Å².